The maximum atomic E-state index is 12.1. The zero-order valence-electron chi connectivity index (χ0n) is 11.9. The van der Waals surface area contributed by atoms with Crippen molar-refractivity contribution in [2.75, 3.05) is 40.3 Å². The van der Waals surface area contributed by atoms with E-state index in [4.69, 9.17) is 4.74 Å². The summed E-state index contributed by atoms with van der Waals surface area (Å²) in [6.07, 6.45) is 3.20. The summed E-state index contributed by atoms with van der Waals surface area (Å²) >= 11 is 0. The van der Waals surface area contributed by atoms with E-state index in [2.05, 4.69) is 16.8 Å². The largest absolute Gasteiger partial charge is 0.468 e. The Balaban J connectivity index is 2.03. The molecule has 0 aromatic heterocycles. The second-order valence-corrected chi connectivity index (χ2v) is 5.68. The van der Waals surface area contributed by atoms with Gasteiger partial charge < -0.3 is 9.64 Å². The van der Waals surface area contributed by atoms with Crippen molar-refractivity contribution < 1.29 is 14.3 Å². The summed E-state index contributed by atoms with van der Waals surface area (Å²) in [5.74, 6) is 0.531. The molecule has 0 spiro atoms. The first-order chi connectivity index (χ1) is 9.11. The van der Waals surface area contributed by atoms with E-state index < -0.39 is 0 Å². The summed E-state index contributed by atoms with van der Waals surface area (Å²) in [6.45, 7) is 3.46. The number of rotatable bonds is 3. The van der Waals surface area contributed by atoms with Crippen molar-refractivity contribution >= 4 is 11.8 Å². The molecule has 108 valence electrons. The lowest BCUT2D eigenvalue weighted by Crippen LogP contribution is -2.52. The van der Waals surface area contributed by atoms with Gasteiger partial charge in [-0.05, 0) is 38.9 Å². The summed E-state index contributed by atoms with van der Waals surface area (Å²) in [5, 5.41) is 0. The Hall–Kier alpha value is -0.940. The number of Topliss-reactive ketones (excluding diaryl/α,β-unsaturated/α-hetero) is 1. The highest BCUT2D eigenvalue weighted by atomic mass is 16.5. The molecule has 1 atom stereocenters. The van der Waals surface area contributed by atoms with Crippen LogP contribution in [-0.2, 0) is 14.3 Å². The number of methoxy groups -OCH3 is 1. The molecule has 0 N–H and O–H groups in total. The quantitative estimate of drug-likeness (QED) is 0.699. The second kappa shape index (κ2) is 6.48. The first-order valence-electron chi connectivity index (χ1n) is 7.14. The third-order valence-corrected chi connectivity index (χ3v) is 4.40. The van der Waals surface area contributed by atoms with Gasteiger partial charge in [0, 0.05) is 25.9 Å². The van der Waals surface area contributed by atoms with Crippen molar-refractivity contribution in [3.63, 3.8) is 0 Å². The monoisotopic (exact) mass is 268 g/mol. The molecular formula is C14H24N2O3. The number of ketones is 1. The molecule has 0 bridgehead atoms. The van der Waals surface area contributed by atoms with Crippen molar-refractivity contribution in [1.29, 1.82) is 0 Å². The Kier molecular flexibility index (Phi) is 4.93. The minimum Gasteiger partial charge on any atom is -0.468 e. The van der Waals surface area contributed by atoms with Crippen LogP contribution < -0.4 is 0 Å². The van der Waals surface area contributed by atoms with E-state index >= 15 is 0 Å². The highest BCUT2D eigenvalue weighted by molar-refractivity contribution is 5.80. The Bertz CT molecular complexity index is 328. The fourth-order valence-corrected chi connectivity index (χ4v) is 3.16. The Morgan fingerprint density at radius 3 is 2.32 bits per heavy atom. The molecule has 0 aliphatic carbocycles. The lowest BCUT2D eigenvalue weighted by molar-refractivity contribution is -0.151. The lowest BCUT2D eigenvalue weighted by Gasteiger charge is -2.40. The average molecular weight is 268 g/mol. The number of carbonyl (C=O) groups excluding carboxylic acids is 2. The van der Waals surface area contributed by atoms with Crippen molar-refractivity contribution in [3.8, 4) is 0 Å². The summed E-state index contributed by atoms with van der Waals surface area (Å²) in [5.41, 5.74) is 0. The van der Waals surface area contributed by atoms with Gasteiger partial charge in [-0.3, -0.25) is 14.5 Å². The van der Waals surface area contributed by atoms with E-state index in [0.29, 0.717) is 37.6 Å². The molecule has 2 rings (SSSR count). The minimum atomic E-state index is -0.160. The molecule has 0 aromatic carbocycles. The van der Waals surface area contributed by atoms with Gasteiger partial charge in [-0.1, -0.05) is 0 Å². The first kappa shape index (κ1) is 14.5. The van der Waals surface area contributed by atoms with Crippen LogP contribution in [-0.4, -0.2) is 67.9 Å². The van der Waals surface area contributed by atoms with Crippen molar-refractivity contribution in [1.82, 2.24) is 9.80 Å². The first-order valence-corrected chi connectivity index (χ1v) is 7.14. The number of hydrogen-bond donors (Lipinski definition) is 0. The van der Waals surface area contributed by atoms with Crippen LogP contribution >= 0.6 is 0 Å². The molecular weight excluding hydrogens is 244 g/mol. The zero-order valence-corrected chi connectivity index (χ0v) is 11.9. The Morgan fingerprint density at radius 1 is 1.21 bits per heavy atom. The van der Waals surface area contributed by atoms with Gasteiger partial charge in [-0.25, -0.2) is 0 Å². The molecule has 0 saturated carbocycles. The number of carbonyl (C=O) groups is 2. The van der Waals surface area contributed by atoms with Gasteiger partial charge in [0.2, 0.25) is 0 Å². The molecule has 2 saturated heterocycles. The molecule has 5 nitrogen and oxygen atoms in total. The van der Waals surface area contributed by atoms with Crippen molar-refractivity contribution in [2.45, 2.75) is 31.7 Å². The van der Waals surface area contributed by atoms with E-state index in [1.165, 1.54) is 7.11 Å². The molecule has 1 unspecified atom stereocenters. The number of likely N-dealkylation sites (tertiary alicyclic amines) is 2. The fourth-order valence-electron chi connectivity index (χ4n) is 3.16. The third-order valence-electron chi connectivity index (χ3n) is 4.40. The van der Waals surface area contributed by atoms with Gasteiger partial charge in [-0.2, -0.15) is 0 Å². The summed E-state index contributed by atoms with van der Waals surface area (Å²) < 4.78 is 4.99. The van der Waals surface area contributed by atoms with E-state index in [9.17, 15) is 9.59 Å². The number of nitrogens with zero attached hydrogens (tertiary/aromatic N) is 2. The predicted octanol–water partition coefficient (Wildman–Crippen LogP) is 0.535. The molecule has 5 heteroatoms. The highest BCUT2D eigenvalue weighted by Gasteiger charge is 2.37. The van der Waals surface area contributed by atoms with Crippen LogP contribution in [0.25, 0.3) is 0 Å². The Labute approximate surface area is 114 Å². The van der Waals surface area contributed by atoms with Crippen LogP contribution in [0.3, 0.4) is 0 Å². The van der Waals surface area contributed by atoms with Crippen LogP contribution in [0.1, 0.15) is 25.7 Å². The molecule has 19 heavy (non-hydrogen) atoms. The smallest absolute Gasteiger partial charge is 0.323 e. The van der Waals surface area contributed by atoms with E-state index in [0.717, 1.165) is 25.9 Å². The van der Waals surface area contributed by atoms with Crippen LogP contribution in [0.15, 0.2) is 0 Å². The van der Waals surface area contributed by atoms with Crippen LogP contribution in [0.2, 0.25) is 0 Å². The molecule has 0 radical (unpaired) electrons. The minimum absolute atomic E-state index is 0.135. The third kappa shape index (κ3) is 3.54. The predicted molar refractivity (Wildman–Crippen MR) is 71.8 cm³/mol. The summed E-state index contributed by atoms with van der Waals surface area (Å²) in [4.78, 5) is 27.9. The van der Waals surface area contributed by atoms with Gasteiger partial charge in [-0.15, -0.1) is 0 Å². The van der Waals surface area contributed by atoms with Gasteiger partial charge in [0.25, 0.3) is 0 Å². The lowest BCUT2D eigenvalue weighted by atomic mass is 9.87. The van der Waals surface area contributed by atoms with Gasteiger partial charge >= 0.3 is 5.97 Å². The molecule has 2 aliphatic heterocycles. The summed E-state index contributed by atoms with van der Waals surface area (Å²) in [7, 11) is 3.57. The van der Waals surface area contributed by atoms with Crippen LogP contribution in [0.5, 0.6) is 0 Å². The summed E-state index contributed by atoms with van der Waals surface area (Å²) in [6, 6.07) is -0.160. The average Bonchev–Trinajstić information content (AvgIpc) is 2.43. The number of esters is 1. The number of ether oxygens (including phenoxy) is 1. The molecule has 2 fully saturated rings. The van der Waals surface area contributed by atoms with E-state index in [1.807, 2.05) is 0 Å². The highest BCUT2D eigenvalue weighted by Crippen LogP contribution is 2.26. The van der Waals surface area contributed by atoms with E-state index in [-0.39, 0.29) is 12.0 Å². The molecule has 2 aliphatic rings. The maximum absolute atomic E-state index is 12.1. The Morgan fingerprint density at radius 2 is 1.79 bits per heavy atom. The number of piperidine rings is 2. The van der Waals surface area contributed by atoms with Crippen molar-refractivity contribution in [3.05, 3.63) is 0 Å². The molecule has 0 aromatic rings. The van der Waals surface area contributed by atoms with Crippen molar-refractivity contribution in [2.24, 2.45) is 5.92 Å². The number of hydrogen-bond acceptors (Lipinski definition) is 5. The fraction of sp³-hybridized carbons (Fsp3) is 0.857. The second-order valence-electron chi connectivity index (χ2n) is 5.68. The SMILES string of the molecule is COC(=O)C(C1CCN(C)CC1)N1CCC(=O)CC1. The van der Waals surface area contributed by atoms with Gasteiger partial charge in [0.1, 0.15) is 11.8 Å². The van der Waals surface area contributed by atoms with Crippen LogP contribution in [0.4, 0.5) is 0 Å². The normalized spacial score (nSPS) is 25.3. The maximum Gasteiger partial charge on any atom is 0.323 e. The molecule has 2 heterocycles. The van der Waals surface area contributed by atoms with Gasteiger partial charge in [0.15, 0.2) is 0 Å². The standard InChI is InChI=1S/C14H24N2O3/c1-15-7-3-11(4-8-15)13(14(18)19-2)16-9-5-12(17)6-10-16/h11,13H,3-10H2,1-2H3. The molecule has 0 amide bonds. The van der Waals surface area contributed by atoms with Crippen LogP contribution in [0, 0.1) is 5.92 Å². The van der Waals surface area contributed by atoms with Gasteiger partial charge in [0.05, 0.1) is 7.11 Å². The topological polar surface area (TPSA) is 49.9 Å². The van der Waals surface area contributed by atoms with E-state index in [1.54, 1.807) is 0 Å². The zero-order chi connectivity index (χ0) is 13.8.